The van der Waals surface area contributed by atoms with Gasteiger partial charge in [-0.05, 0) is 12.5 Å². The molecule has 0 aromatic heterocycles. The summed E-state index contributed by atoms with van der Waals surface area (Å²) in [5.41, 5.74) is -0.846. The predicted molar refractivity (Wildman–Crippen MR) is 77.5 cm³/mol. The summed E-state index contributed by atoms with van der Waals surface area (Å²) >= 11 is 1.13. The molecule has 1 saturated heterocycles. The highest BCUT2D eigenvalue weighted by atomic mass is 32.2. The smallest absolute Gasteiger partial charge is 0.279 e. The first-order valence-electron chi connectivity index (χ1n) is 6.26. The molecule has 1 aliphatic rings. The molecule has 0 saturated carbocycles. The number of hydrogen-bond acceptors (Lipinski definition) is 7. The van der Waals surface area contributed by atoms with Gasteiger partial charge in [-0.1, -0.05) is 11.8 Å². The average Bonchev–Trinajstić information content (AvgIpc) is 2.84. The molecule has 1 aromatic rings. The summed E-state index contributed by atoms with van der Waals surface area (Å²) < 4.78 is 0. The van der Waals surface area contributed by atoms with Gasteiger partial charge in [-0.3, -0.25) is 29.8 Å². The molecular formula is C12H11N3O6S. The summed E-state index contributed by atoms with van der Waals surface area (Å²) in [6.07, 6.45) is 0.209. The molecule has 1 N–H and O–H groups in total. The van der Waals surface area contributed by atoms with Crippen LogP contribution >= 0.6 is 11.8 Å². The lowest BCUT2D eigenvalue weighted by molar-refractivity contribution is -0.394. The molecule has 1 heterocycles. The molecule has 0 spiro atoms. The summed E-state index contributed by atoms with van der Waals surface area (Å²) in [5.74, 6) is 0.0966. The summed E-state index contributed by atoms with van der Waals surface area (Å²) in [7, 11) is 0. The van der Waals surface area contributed by atoms with Crippen molar-refractivity contribution in [3.8, 4) is 0 Å². The number of nitrogens with one attached hydrogen (secondary N) is 1. The maximum Gasteiger partial charge on any atom is 0.279 e. The van der Waals surface area contributed by atoms with E-state index in [1.165, 1.54) is 6.07 Å². The van der Waals surface area contributed by atoms with E-state index in [-0.39, 0.29) is 17.1 Å². The normalized spacial score (nSPS) is 17.3. The Hall–Kier alpha value is -2.49. The number of thioether (sulfide) groups is 1. The lowest BCUT2D eigenvalue weighted by Gasteiger charge is -2.10. The minimum Gasteiger partial charge on any atom is -0.345 e. The lowest BCUT2D eigenvalue weighted by atomic mass is 10.1. The van der Waals surface area contributed by atoms with E-state index in [0.29, 0.717) is 12.2 Å². The topological polar surface area (TPSA) is 132 Å². The van der Waals surface area contributed by atoms with Crippen LogP contribution in [0.3, 0.4) is 0 Å². The second-order valence-corrected chi connectivity index (χ2v) is 5.68. The number of nitrogens with zero attached hydrogens (tertiary/aromatic N) is 2. The fraction of sp³-hybridized carbons (Fsp3) is 0.333. The monoisotopic (exact) mass is 325 g/mol. The standard InChI is InChI=1S/C12H11N3O6S/c16-11(13-9-3-4-22-12(9)17)5-7-1-2-8(14(18)19)6-10(7)15(20)21/h1-2,6,9H,3-5H2,(H,13,16). The number of nitro groups is 2. The first kappa shape index (κ1) is 15.9. The Labute approximate surface area is 128 Å². The maximum atomic E-state index is 11.9. The van der Waals surface area contributed by atoms with E-state index in [1.807, 2.05) is 0 Å². The molecule has 1 atom stereocenters. The SMILES string of the molecule is O=C(Cc1ccc([N+](=O)[O-])cc1[N+](=O)[O-])NC1CCSC1=O. The molecule has 2 rings (SSSR count). The van der Waals surface area contributed by atoms with E-state index >= 15 is 0 Å². The number of rotatable bonds is 5. The lowest BCUT2D eigenvalue weighted by Crippen LogP contribution is -2.38. The number of benzene rings is 1. The Morgan fingerprint density at radius 2 is 2.05 bits per heavy atom. The van der Waals surface area contributed by atoms with Gasteiger partial charge < -0.3 is 5.32 Å². The van der Waals surface area contributed by atoms with E-state index < -0.39 is 33.2 Å². The van der Waals surface area contributed by atoms with Crippen molar-refractivity contribution < 1.29 is 19.4 Å². The number of amides is 1. The van der Waals surface area contributed by atoms with Crippen LogP contribution in [0.1, 0.15) is 12.0 Å². The van der Waals surface area contributed by atoms with Crippen molar-refractivity contribution >= 4 is 34.2 Å². The van der Waals surface area contributed by atoms with Crippen molar-refractivity contribution in [1.29, 1.82) is 0 Å². The van der Waals surface area contributed by atoms with Gasteiger partial charge >= 0.3 is 0 Å². The molecule has 9 nitrogen and oxygen atoms in total. The van der Waals surface area contributed by atoms with Crippen LogP contribution in [0.25, 0.3) is 0 Å². The van der Waals surface area contributed by atoms with Crippen LogP contribution in [0.5, 0.6) is 0 Å². The Balaban J connectivity index is 2.14. The van der Waals surface area contributed by atoms with Crippen molar-refractivity contribution in [2.45, 2.75) is 18.9 Å². The van der Waals surface area contributed by atoms with Crippen LogP contribution < -0.4 is 5.32 Å². The number of nitro benzene ring substituents is 2. The molecular weight excluding hydrogens is 314 g/mol. The Bertz CT molecular complexity index is 662. The first-order chi connectivity index (χ1) is 10.4. The summed E-state index contributed by atoms with van der Waals surface area (Å²) in [6.45, 7) is 0. The van der Waals surface area contributed by atoms with Gasteiger partial charge in [0.05, 0.1) is 28.4 Å². The molecule has 0 bridgehead atoms. The molecule has 1 amide bonds. The van der Waals surface area contributed by atoms with Crippen molar-refractivity contribution in [3.63, 3.8) is 0 Å². The zero-order chi connectivity index (χ0) is 16.3. The molecule has 10 heteroatoms. The average molecular weight is 325 g/mol. The van der Waals surface area contributed by atoms with Crippen molar-refractivity contribution in [2.24, 2.45) is 0 Å². The summed E-state index contributed by atoms with van der Waals surface area (Å²) in [5, 5.41) is 24.0. The van der Waals surface area contributed by atoms with Crippen molar-refractivity contribution in [2.75, 3.05) is 5.75 Å². The van der Waals surface area contributed by atoms with Crippen LogP contribution in [0, 0.1) is 20.2 Å². The highest BCUT2D eigenvalue weighted by Gasteiger charge is 2.28. The Kier molecular flexibility index (Phi) is 4.71. The van der Waals surface area contributed by atoms with Crippen LogP contribution in [0.4, 0.5) is 11.4 Å². The third-order valence-corrected chi connectivity index (χ3v) is 4.11. The third kappa shape index (κ3) is 3.58. The minimum absolute atomic E-state index is 0.0613. The molecule has 1 unspecified atom stereocenters. The Morgan fingerprint density at radius 3 is 2.59 bits per heavy atom. The van der Waals surface area contributed by atoms with Gasteiger partial charge in [0.2, 0.25) is 11.0 Å². The predicted octanol–water partition coefficient (Wildman–Crippen LogP) is 1.19. The highest BCUT2D eigenvalue weighted by Crippen LogP contribution is 2.25. The third-order valence-electron chi connectivity index (χ3n) is 3.10. The van der Waals surface area contributed by atoms with Crippen LogP contribution in [0.2, 0.25) is 0 Å². The van der Waals surface area contributed by atoms with Gasteiger partial charge in [0.1, 0.15) is 0 Å². The molecule has 22 heavy (non-hydrogen) atoms. The molecule has 0 aliphatic carbocycles. The number of non-ortho nitro benzene ring substituents is 1. The highest BCUT2D eigenvalue weighted by molar-refractivity contribution is 8.14. The fourth-order valence-corrected chi connectivity index (χ4v) is 2.96. The van der Waals surface area contributed by atoms with Crippen LogP contribution in [-0.2, 0) is 16.0 Å². The molecule has 1 fully saturated rings. The van der Waals surface area contributed by atoms with Gasteiger partial charge in [-0.25, -0.2) is 0 Å². The zero-order valence-corrected chi connectivity index (χ0v) is 12.0. The van der Waals surface area contributed by atoms with E-state index in [9.17, 15) is 29.8 Å². The van der Waals surface area contributed by atoms with Gasteiger partial charge in [-0.15, -0.1) is 0 Å². The molecule has 1 aromatic carbocycles. The van der Waals surface area contributed by atoms with Gasteiger partial charge in [0, 0.05) is 17.4 Å². The van der Waals surface area contributed by atoms with Gasteiger partial charge in [0.25, 0.3) is 11.4 Å². The van der Waals surface area contributed by atoms with Gasteiger partial charge in [0.15, 0.2) is 0 Å². The fourth-order valence-electron chi connectivity index (χ4n) is 2.03. The second kappa shape index (κ2) is 6.52. The largest absolute Gasteiger partial charge is 0.345 e. The number of carbonyl (C=O) groups is 2. The first-order valence-corrected chi connectivity index (χ1v) is 7.24. The quantitative estimate of drug-likeness (QED) is 0.635. The van der Waals surface area contributed by atoms with E-state index in [1.54, 1.807) is 0 Å². The van der Waals surface area contributed by atoms with Crippen molar-refractivity contribution in [1.82, 2.24) is 5.32 Å². The maximum absolute atomic E-state index is 11.9. The minimum atomic E-state index is -0.772. The van der Waals surface area contributed by atoms with Gasteiger partial charge in [-0.2, -0.15) is 0 Å². The Morgan fingerprint density at radius 1 is 1.32 bits per heavy atom. The molecule has 0 radical (unpaired) electrons. The molecule has 116 valence electrons. The van der Waals surface area contributed by atoms with E-state index in [0.717, 1.165) is 23.9 Å². The summed E-state index contributed by atoms with van der Waals surface area (Å²) in [4.78, 5) is 43.4. The zero-order valence-electron chi connectivity index (χ0n) is 11.2. The van der Waals surface area contributed by atoms with E-state index in [4.69, 9.17) is 0 Å². The van der Waals surface area contributed by atoms with E-state index in [2.05, 4.69) is 5.32 Å². The van der Waals surface area contributed by atoms with Crippen LogP contribution in [0.15, 0.2) is 18.2 Å². The number of carbonyl (C=O) groups excluding carboxylic acids is 2. The van der Waals surface area contributed by atoms with Crippen molar-refractivity contribution in [3.05, 3.63) is 44.0 Å². The van der Waals surface area contributed by atoms with Crippen LogP contribution in [-0.4, -0.2) is 32.7 Å². The second-order valence-electron chi connectivity index (χ2n) is 4.58. The number of hydrogen-bond donors (Lipinski definition) is 1. The summed E-state index contributed by atoms with van der Waals surface area (Å²) in [6, 6.07) is 2.53. The molecule has 1 aliphatic heterocycles.